The monoisotopic (exact) mass is 258 g/mol. The summed E-state index contributed by atoms with van der Waals surface area (Å²) in [5, 5.41) is 3.70. The number of piperazine rings is 1. The normalized spacial score (nSPS) is 27.7. The van der Waals surface area contributed by atoms with Crippen LogP contribution in [0, 0.1) is 5.92 Å². The summed E-state index contributed by atoms with van der Waals surface area (Å²) in [5.74, 6) is 0.729. The van der Waals surface area contributed by atoms with Gasteiger partial charge >= 0.3 is 0 Å². The van der Waals surface area contributed by atoms with Crippen LogP contribution in [0.25, 0.3) is 0 Å². The maximum absolute atomic E-state index is 3.70. The van der Waals surface area contributed by atoms with Crippen molar-refractivity contribution in [1.29, 1.82) is 0 Å². The van der Waals surface area contributed by atoms with E-state index in [9.17, 15) is 0 Å². The first-order valence-corrected chi connectivity index (χ1v) is 8.14. The van der Waals surface area contributed by atoms with Crippen LogP contribution in [0.15, 0.2) is 0 Å². The molecule has 0 aliphatic carbocycles. The Hall–Kier alpha value is 0.270. The molecule has 0 spiro atoms. The molecule has 0 amide bonds. The summed E-state index contributed by atoms with van der Waals surface area (Å²) < 4.78 is 0.367. The molecule has 1 N–H and O–H groups in total. The molecule has 0 bridgehead atoms. The van der Waals surface area contributed by atoms with Gasteiger partial charge in [0.05, 0.1) is 0 Å². The van der Waals surface area contributed by atoms with Gasteiger partial charge in [-0.15, -0.1) is 0 Å². The molecule has 1 fully saturated rings. The Kier molecular flexibility index (Phi) is 5.81. The summed E-state index contributed by atoms with van der Waals surface area (Å²) in [6, 6.07) is 1.38. The van der Waals surface area contributed by atoms with Crippen molar-refractivity contribution in [3.63, 3.8) is 0 Å². The molecule has 3 heteroatoms. The molecule has 0 aromatic carbocycles. The third-order valence-corrected chi connectivity index (χ3v) is 5.21. The Morgan fingerprint density at radius 2 is 2.06 bits per heavy atom. The molecule has 0 radical (unpaired) electrons. The van der Waals surface area contributed by atoms with Crippen molar-refractivity contribution in [2.45, 2.75) is 57.9 Å². The summed E-state index contributed by atoms with van der Waals surface area (Å²) in [4.78, 5) is 2.71. The summed E-state index contributed by atoms with van der Waals surface area (Å²) in [5.41, 5.74) is 0. The number of nitrogens with zero attached hydrogens (tertiary/aromatic N) is 1. The average Bonchev–Trinajstić information content (AvgIpc) is 2.28. The topological polar surface area (TPSA) is 15.3 Å². The highest BCUT2D eigenvalue weighted by Crippen LogP contribution is 2.25. The van der Waals surface area contributed by atoms with Crippen LogP contribution in [0.1, 0.15) is 41.0 Å². The van der Waals surface area contributed by atoms with Gasteiger partial charge in [0.15, 0.2) is 0 Å². The molecule has 1 aliphatic heterocycles. The fourth-order valence-corrected chi connectivity index (χ4v) is 2.77. The molecule has 2 nitrogen and oxygen atoms in total. The Labute approximate surface area is 112 Å². The molecule has 102 valence electrons. The van der Waals surface area contributed by atoms with Crippen molar-refractivity contribution in [2.24, 2.45) is 5.92 Å². The summed E-state index contributed by atoms with van der Waals surface area (Å²) in [6.45, 7) is 15.2. The van der Waals surface area contributed by atoms with Gasteiger partial charge in [-0.3, -0.25) is 4.90 Å². The summed E-state index contributed by atoms with van der Waals surface area (Å²) in [7, 11) is 0. The highest BCUT2D eigenvalue weighted by Gasteiger charge is 2.31. The highest BCUT2D eigenvalue weighted by molar-refractivity contribution is 7.99. The lowest BCUT2D eigenvalue weighted by Crippen LogP contribution is -2.59. The van der Waals surface area contributed by atoms with E-state index in [2.05, 4.69) is 51.1 Å². The van der Waals surface area contributed by atoms with E-state index in [4.69, 9.17) is 0 Å². The molecule has 2 unspecified atom stereocenters. The van der Waals surface area contributed by atoms with Crippen molar-refractivity contribution in [3.8, 4) is 0 Å². The maximum Gasteiger partial charge on any atom is 0.0228 e. The quantitative estimate of drug-likeness (QED) is 0.816. The fourth-order valence-electron chi connectivity index (χ4n) is 2.48. The third kappa shape index (κ3) is 4.46. The second-order valence-corrected chi connectivity index (χ2v) is 7.73. The fraction of sp³-hybridized carbons (Fsp3) is 1.00. The van der Waals surface area contributed by atoms with E-state index in [1.54, 1.807) is 0 Å². The van der Waals surface area contributed by atoms with Crippen LogP contribution < -0.4 is 5.32 Å². The molecule has 1 heterocycles. The van der Waals surface area contributed by atoms with E-state index in [0.29, 0.717) is 10.8 Å². The van der Waals surface area contributed by atoms with Crippen LogP contribution in [-0.4, -0.2) is 47.6 Å². The summed E-state index contributed by atoms with van der Waals surface area (Å²) >= 11 is 1.98. The van der Waals surface area contributed by atoms with Gasteiger partial charge in [0, 0.05) is 36.5 Å². The van der Waals surface area contributed by atoms with Gasteiger partial charge in [-0.05, 0) is 32.4 Å². The third-order valence-electron chi connectivity index (χ3n) is 3.98. The molecular weight excluding hydrogens is 228 g/mol. The lowest BCUT2D eigenvalue weighted by atomic mass is 9.97. The standard InChI is InChI=1S/C14H30N2S/c1-7-12-8-15-13(11(2)3)9-16(12)10-14(4,5)17-6/h11-13,15H,7-10H2,1-6H3. The number of thioether (sulfide) groups is 1. The minimum absolute atomic E-state index is 0.367. The van der Waals surface area contributed by atoms with Gasteiger partial charge in [-0.25, -0.2) is 0 Å². The Bertz CT molecular complexity index is 228. The van der Waals surface area contributed by atoms with Gasteiger partial charge in [0.1, 0.15) is 0 Å². The first kappa shape index (κ1) is 15.3. The predicted octanol–water partition coefficient (Wildman–Crippen LogP) is 2.84. The largest absolute Gasteiger partial charge is 0.311 e. The molecule has 1 rings (SSSR count). The van der Waals surface area contributed by atoms with Crippen molar-refractivity contribution in [1.82, 2.24) is 10.2 Å². The molecule has 0 aromatic rings. The molecule has 1 saturated heterocycles. The van der Waals surface area contributed by atoms with E-state index in [1.807, 2.05) is 11.8 Å². The zero-order valence-corrected chi connectivity index (χ0v) is 13.2. The smallest absolute Gasteiger partial charge is 0.0228 e. The van der Waals surface area contributed by atoms with Crippen LogP contribution >= 0.6 is 11.8 Å². The van der Waals surface area contributed by atoms with Crippen LogP contribution in [0.3, 0.4) is 0 Å². The molecule has 0 saturated carbocycles. The van der Waals surface area contributed by atoms with E-state index >= 15 is 0 Å². The van der Waals surface area contributed by atoms with E-state index in [-0.39, 0.29) is 0 Å². The zero-order valence-electron chi connectivity index (χ0n) is 12.4. The molecule has 2 atom stereocenters. The van der Waals surface area contributed by atoms with Crippen molar-refractivity contribution >= 4 is 11.8 Å². The maximum atomic E-state index is 3.70. The van der Waals surface area contributed by atoms with Gasteiger partial charge in [0.2, 0.25) is 0 Å². The number of hydrogen-bond acceptors (Lipinski definition) is 3. The first-order chi connectivity index (χ1) is 7.89. The van der Waals surface area contributed by atoms with Crippen LogP contribution in [0.5, 0.6) is 0 Å². The van der Waals surface area contributed by atoms with Crippen molar-refractivity contribution < 1.29 is 0 Å². The Morgan fingerprint density at radius 1 is 1.41 bits per heavy atom. The lowest BCUT2D eigenvalue weighted by Gasteiger charge is -2.44. The number of nitrogens with one attached hydrogen (secondary N) is 1. The molecule has 0 aromatic heterocycles. The van der Waals surface area contributed by atoms with E-state index in [1.165, 1.54) is 19.5 Å². The van der Waals surface area contributed by atoms with Gasteiger partial charge in [-0.1, -0.05) is 20.8 Å². The second kappa shape index (κ2) is 6.44. The lowest BCUT2D eigenvalue weighted by molar-refractivity contribution is 0.103. The highest BCUT2D eigenvalue weighted by atomic mass is 32.2. The van der Waals surface area contributed by atoms with E-state index < -0.39 is 0 Å². The number of hydrogen-bond donors (Lipinski definition) is 1. The average molecular weight is 258 g/mol. The van der Waals surface area contributed by atoms with Crippen molar-refractivity contribution in [3.05, 3.63) is 0 Å². The molecule has 1 aliphatic rings. The molecular formula is C14H30N2S. The minimum atomic E-state index is 0.367. The van der Waals surface area contributed by atoms with Crippen LogP contribution in [-0.2, 0) is 0 Å². The number of rotatable bonds is 5. The second-order valence-electron chi connectivity index (χ2n) is 6.21. The Balaban J connectivity index is 2.63. The van der Waals surface area contributed by atoms with Gasteiger partial charge < -0.3 is 5.32 Å². The SMILES string of the molecule is CCC1CNC(C(C)C)CN1CC(C)(C)SC. The zero-order chi connectivity index (χ0) is 13.1. The van der Waals surface area contributed by atoms with Crippen LogP contribution in [0.2, 0.25) is 0 Å². The first-order valence-electron chi connectivity index (χ1n) is 6.92. The van der Waals surface area contributed by atoms with Crippen LogP contribution in [0.4, 0.5) is 0 Å². The Morgan fingerprint density at radius 3 is 2.53 bits per heavy atom. The summed E-state index contributed by atoms with van der Waals surface area (Å²) in [6.07, 6.45) is 3.48. The van der Waals surface area contributed by atoms with E-state index in [0.717, 1.165) is 18.5 Å². The molecule has 17 heavy (non-hydrogen) atoms. The minimum Gasteiger partial charge on any atom is -0.311 e. The predicted molar refractivity (Wildman–Crippen MR) is 79.9 cm³/mol. The van der Waals surface area contributed by atoms with Gasteiger partial charge in [-0.2, -0.15) is 11.8 Å². The van der Waals surface area contributed by atoms with Crippen molar-refractivity contribution in [2.75, 3.05) is 25.9 Å². The van der Waals surface area contributed by atoms with Gasteiger partial charge in [0.25, 0.3) is 0 Å².